The van der Waals surface area contributed by atoms with Crippen molar-refractivity contribution in [3.63, 3.8) is 0 Å². The summed E-state index contributed by atoms with van der Waals surface area (Å²) in [6.07, 6.45) is 2.20. The Morgan fingerprint density at radius 2 is 1.97 bits per heavy atom. The number of thiazole rings is 1. The van der Waals surface area contributed by atoms with Crippen LogP contribution < -0.4 is 14.4 Å². The molecule has 2 atom stereocenters. The molecule has 0 radical (unpaired) electrons. The van der Waals surface area contributed by atoms with Crippen molar-refractivity contribution in [3.05, 3.63) is 47.5 Å². The second-order valence-electron chi connectivity index (χ2n) is 8.59. The Labute approximate surface area is 196 Å². The van der Waals surface area contributed by atoms with Crippen LogP contribution in [0.25, 0.3) is 10.2 Å². The largest absolute Gasteiger partial charge is 0.497 e. The molecule has 2 aliphatic rings. The summed E-state index contributed by atoms with van der Waals surface area (Å²) in [5.41, 5.74) is 1.69. The van der Waals surface area contributed by atoms with E-state index in [2.05, 4.69) is 6.07 Å². The second-order valence-corrected chi connectivity index (χ2v) is 9.65. The van der Waals surface area contributed by atoms with Gasteiger partial charge in [0.1, 0.15) is 11.5 Å². The molecule has 2 amide bonds. The Hall–Kier alpha value is -3.13. The van der Waals surface area contributed by atoms with Gasteiger partial charge >= 0.3 is 0 Å². The number of hydrogen-bond donors (Lipinski definition) is 0. The summed E-state index contributed by atoms with van der Waals surface area (Å²) in [6.45, 7) is 1.76. The van der Waals surface area contributed by atoms with E-state index in [0.717, 1.165) is 29.9 Å². The zero-order valence-corrected chi connectivity index (χ0v) is 19.6. The van der Waals surface area contributed by atoms with Crippen LogP contribution in [0.1, 0.15) is 30.2 Å². The van der Waals surface area contributed by atoms with Crippen molar-refractivity contribution in [2.75, 3.05) is 38.8 Å². The highest BCUT2D eigenvalue weighted by Gasteiger charge is 2.39. The number of rotatable bonds is 5. The average molecular weight is 466 g/mol. The van der Waals surface area contributed by atoms with Gasteiger partial charge in [0.2, 0.25) is 11.8 Å². The third-order valence-electron chi connectivity index (χ3n) is 6.54. The van der Waals surface area contributed by atoms with Crippen molar-refractivity contribution in [1.29, 1.82) is 0 Å². The Balaban J connectivity index is 1.30. The maximum absolute atomic E-state index is 13.4. The first-order chi connectivity index (χ1) is 16.1. The first-order valence-electron chi connectivity index (χ1n) is 11.2. The number of carbonyl (C=O) groups excluding carboxylic acids is 2. The molecule has 3 heterocycles. The number of fused-ring (bicyclic) bond motifs is 1. The Morgan fingerprint density at radius 3 is 2.76 bits per heavy atom. The number of benzene rings is 2. The topological polar surface area (TPSA) is 72.0 Å². The van der Waals surface area contributed by atoms with Crippen LogP contribution in [0.5, 0.6) is 11.5 Å². The summed E-state index contributed by atoms with van der Waals surface area (Å²) >= 11 is 1.72. The molecule has 0 bridgehead atoms. The highest BCUT2D eigenvalue weighted by molar-refractivity contribution is 7.18. The monoisotopic (exact) mass is 465 g/mol. The number of carbonyl (C=O) groups is 2. The van der Waals surface area contributed by atoms with E-state index < -0.39 is 0 Å². The van der Waals surface area contributed by atoms with Gasteiger partial charge in [0.05, 0.1) is 41.0 Å². The first kappa shape index (κ1) is 21.7. The number of nitrogens with zero attached hydrogens (tertiary/aromatic N) is 3. The summed E-state index contributed by atoms with van der Waals surface area (Å²) in [5.74, 6) is 1.11. The molecule has 172 valence electrons. The van der Waals surface area contributed by atoms with Crippen LogP contribution in [0, 0.1) is 5.92 Å². The highest BCUT2D eigenvalue weighted by Crippen LogP contribution is 2.37. The SMILES string of the molecule is COc1ccc(N2CC(C(=O)N3CCCC(c4nc5ccccc5s4)C3)CC2=O)c(OC)c1. The molecule has 2 fully saturated rings. The third-order valence-corrected chi connectivity index (χ3v) is 7.74. The van der Waals surface area contributed by atoms with Crippen LogP contribution in [0.3, 0.4) is 0 Å². The number of likely N-dealkylation sites (tertiary alicyclic amines) is 1. The fourth-order valence-electron chi connectivity index (χ4n) is 4.82. The van der Waals surface area contributed by atoms with Crippen molar-refractivity contribution in [3.8, 4) is 11.5 Å². The normalized spacial score (nSPS) is 21.0. The van der Waals surface area contributed by atoms with Gasteiger partial charge in [-0.25, -0.2) is 4.98 Å². The lowest BCUT2D eigenvalue weighted by Gasteiger charge is -2.33. The second kappa shape index (κ2) is 9.02. The van der Waals surface area contributed by atoms with Gasteiger partial charge in [-0.15, -0.1) is 11.3 Å². The predicted molar refractivity (Wildman–Crippen MR) is 128 cm³/mol. The van der Waals surface area contributed by atoms with E-state index in [1.807, 2.05) is 29.2 Å². The first-order valence-corrected chi connectivity index (χ1v) is 12.1. The summed E-state index contributed by atoms with van der Waals surface area (Å²) in [5, 5.41) is 1.10. The van der Waals surface area contributed by atoms with Gasteiger partial charge in [-0.05, 0) is 37.1 Å². The number of aromatic nitrogens is 1. The van der Waals surface area contributed by atoms with E-state index in [9.17, 15) is 9.59 Å². The van der Waals surface area contributed by atoms with Crippen molar-refractivity contribution >= 4 is 39.1 Å². The molecule has 0 spiro atoms. The van der Waals surface area contributed by atoms with Gasteiger partial charge < -0.3 is 19.3 Å². The van der Waals surface area contributed by atoms with E-state index in [4.69, 9.17) is 14.5 Å². The standard InChI is InChI=1S/C25H27N3O4S/c1-31-18-9-10-20(21(13-18)32-2)28-15-17(12-23(28)29)25(30)27-11-5-6-16(14-27)24-26-19-7-3-4-8-22(19)33-24/h3-4,7-10,13,16-17H,5-6,11-12,14-15H2,1-2H3. The van der Waals surface area contributed by atoms with E-state index in [1.165, 1.54) is 4.70 Å². The molecule has 0 saturated carbocycles. The predicted octanol–water partition coefficient (Wildman–Crippen LogP) is 4.07. The van der Waals surface area contributed by atoms with Gasteiger partial charge in [0, 0.05) is 38.0 Å². The van der Waals surface area contributed by atoms with Crippen molar-refractivity contribution in [2.24, 2.45) is 5.92 Å². The number of hydrogen-bond acceptors (Lipinski definition) is 6. The zero-order chi connectivity index (χ0) is 22.9. The van der Waals surface area contributed by atoms with Crippen molar-refractivity contribution in [2.45, 2.75) is 25.2 Å². The summed E-state index contributed by atoms with van der Waals surface area (Å²) in [6, 6.07) is 13.5. The molecule has 2 aromatic carbocycles. The van der Waals surface area contributed by atoms with Crippen LogP contribution in [0.15, 0.2) is 42.5 Å². The fraction of sp³-hybridized carbons (Fsp3) is 0.400. The van der Waals surface area contributed by atoms with Crippen LogP contribution in [0.2, 0.25) is 0 Å². The lowest BCUT2D eigenvalue weighted by Crippen LogP contribution is -2.43. The maximum Gasteiger partial charge on any atom is 0.228 e. The molecule has 1 aromatic heterocycles. The smallest absolute Gasteiger partial charge is 0.228 e. The molecule has 33 heavy (non-hydrogen) atoms. The summed E-state index contributed by atoms with van der Waals surface area (Å²) in [7, 11) is 3.15. The molecule has 2 aliphatic heterocycles. The van der Waals surface area contributed by atoms with Gasteiger partial charge in [-0.2, -0.15) is 0 Å². The molecule has 8 heteroatoms. The van der Waals surface area contributed by atoms with Crippen molar-refractivity contribution < 1.29 is 19.1 Å². The molecule has 2 unspecified atom stereocenters. The number of amides is 2. The van der Waals surface area contributed by atoms with E-state index in [0.29, 0.717) is 30.3 Å². The summed E-state index contributed by atoms with van der Waals surface area (Å²) < 4.78 is 11.9. The lowest BCUT2D eigenvalue weighted by molar-refractivity contribution is -0.137. The van der Waals surface area contributed by atoms with E-state index in [1.54, 1.807) is 42.6 Å². The third kappa shape index (κ3) is 4.15. The Kier molecular flexibility index (Phi) is 5.93. The number of ether oxygens (including phenoxy) is 2. The van der Waals surface area contributed by atoms with Gasteiger partial charge in [-0.3, -0.25) is 9.59 Å². The number of methoxy groups -OCH3 is 2. The van der Waals surface area contributed by atoms with Crippen LogP contribution >= 0.6 is 11.3 Å². The molecular weight excluding hydrogens is 438 g/mol. The quantitative estimate of drug-likeness (QED) is 0.568. The molecule has 0 aliphatic carbocycles. The van der Waals surface area contributed by atoms with Gasteiger partial charge in [0.25, 0.3) is 0 Å². The lowest BCUT2D eigenvalue weighted by atomic mass is 9.96. The molecule has 0 N–H and O–H groups in total. The maximum atomic E-state index is 13.4. The molecule has 5 rings (SSSR count). The van der Waals surface area contributed by atoms with E-state index in [-0.39, 0.29) is 30.1 Å². The Morgan fingerprint density at radius 1 is 1.12 bits per heavy atom. The van der Waals surface area contributed by atoms with Gasteiger partial charge in [-0.1, -0.05) is 12.1 Å². The van der Waals surface area contributed by atoms with Crippen LogP contribution in [0.4, 0.5) is 5.69 Å². The van der Waals surface area contributed by atoms with E-state index >= 15 is 0 Å². The fourth-order valence-corrected chi connectivity index (χ4v) is 5.91. The molecule has 7 nitrogen and oxygen atoms in total. The zero-order valence-electron chi connectivity index (χ0n) is 18.8. The number of piperidine rings is 1. The van der Waals surface area contributed by atoms with Crippen LogP contribution in [-0.4, -0.2) is 55.6 Å². The minimum absolute atomic E-state index is 0.0588. The van der Waals surface area contributed by atoms with Gasteiger partial charge in [0.15, 0.2) is 0 Å². The Bertz CT molecular complexity index is 1160. The minimum atomic E-state index is -0.349. The van der Waals surface area contributed by atoms with Crippen LogP contribution in [-0.2, 0) is 9.59 Å². The molecule has 2 saturated heterocycles. The molecular formula is C25H27N3O4S. The average Bonchev–Trinajstić information content (AvgIpc) is 3.47. The summed E-state index contributed by atoms with van der Waals surface area (Å²) in [4.78, 5) is 34.7. The minimum Gasteiger partial charge on any atom is -0.497 e. The highest BCUT2D eigenvalue weighted by atomic mass is 32.1. The number of para-hydroxylation sites is 1. The number of anilines is 1. The molecule has 3 aromatic rings. The van der Waals surface area contributed by atoms with Crippen molar-refractivity contribution in [1.82, 2.24) is 9.88 Å².